The molecule has 82 valence electrons. The predicted octanol–water partition coefficient (Wildman–Crippen LogP) is -0.482. The van der Waals surface area contributed by atoms with Gasteiger partial charge < -0.3 is 10.1 Å². The molecule has 1 aromatic heterocycles. The zero-order chi connectivity index (χ0) is 11.4. The van der Waals surface area contributed by atoms with Crippen molar-refractivity contribution in [3.05, 3.63) is 17.5 Å². The highest BCUT2D eigenvalue weighted by Gasteiger charge is 2.13. The average Bonchev–Trinajstić information content (AvgIpc) is 2.55. The summed E-state index contributed by atoms with van der Waals surface area (Å²) < 4.78 is 5.96. The fourth-order valence-corrected chi connectivity index (χ4v) is 1.06. The number of amides is 1. The van der Waals surface area contributed by atoms with Crippen LogP contribution >= 0.6 is 0 Å². The van der Waals surface area contributed by atoms with Crippen LogP contribution in [0.2, 0.25) is 0 Å². The molecule has 0 radical (unpaired) electrons. The number of methoxy groups -OCH3 is 1. The summed E-state index contributed by atoms with van der Waals surface area (Å²) in [4.78, 5) is 21.8. The van der Waals surface area contributed by atoms with E-state index in [0.717, 1.165) is 18.4 Å². The van der Waals surface area contributed by atoms with Gasteiger partial charge in [-0.2, -0.15) is 5.10 Å². The fourth-order valence-electron chi connectivity index (χ4n) is 1.06. The topological polar surface area (TPSA) is 73.2 Å². The maximum Gasteiger partial charge on any atom is 0.396 e. The second kappa shape index (κ2) is 4.59. The molecule has 0 unspecified atom stereocenters. The Morgan fingerprint density at radius 2 is 2.27 bits per heavy atom. The highest BCUT2D eigenvalue weighted by Crippen LogP contribution is 2.04. The largest absolute Gasteiger partial charge is 0.462 e. The van der Waals surface area contributed by atoms with Gasteiger partial charge in [-0.25, -0.2) is 4.79 Å². The number of nitrogens with one attached hydrogen (secondary N) is 1. The van der Waals surface area contributed by atoms with Crippen LogP contribution in [-0.4, -0.2) is 28.8 Å². The first kappa shape index (κ1) is 11.2. The molecule has 0 aliphatic heterocycles. The SMILES string of the molecule is COC(=O)C(=O)NCc1cnn(C)c1C. The van der Waals surface area contributed by atoms with E-state index in [1.165, 1.54) is 0 Å². The number of aryl methyl sites for hydroxylation is 1. The summed E-state index contributed by atoms with van der Waals surface area (Å²) >= 11 is 0. The van der Waals surface area contributed by atoms with Crippen molar-refractivity contribution in [1.29, 1.82) is 0 Å². The van der Waals surface area contributed by atoms with Crippen molar-refractivity contribution in [2.75, 3.05) is 7.11 Å². The normalized spacial score (nSPS) is 9.80. The standard InChI is InChI=1S/C9H13N3O3/c1-6-7(5-11-12(6)2)4-10-8(13)9(14)15-3/h5H,4H2,1-3H3,(H,10,13). The molecule has 0 aliphatic carbocycles. The summed E-state index contributed by atoms with van der Waals surface area (Å²) in [6.07, 6.45) is 1.65. The summed E-state index contributed by atoms with van der Waals surface area (Å²) in [6.45, 7) is 2.15. The zero-order valence-corrected chi connectivity index (χ0v) is 8.90. The number of carbonyl (C=O) groups is 2. The maximum absolute atomic E-state index is 11.1. The second-order valence-corrected chi connectivity index (χ2v) is 3.05. The number of aromatic nitrogens is 2. The molecule has 1 aromatic rings. The Bertz CT molecular complexity index is 384. The van der Waals surface area contributed by atoms with Crippen LogP contribution in [0.3, 0.4) is 0 Å². The minimum atomic E-state index is -0.892. The van der Waals surface area contributed by atoms with Crippen LogP contribution in [0.25, 0.3) is 0 Å². The van der Waals surface area contributed by atoms with Gasteiger partial charge in [-0.05, 0) is 6.92 Å². The number of carbonyl (C=O) groups excluding carboxylic acids is 2. The molecule has 0 aromatic carbocycles. The van der Waals surface area contributed by atoms with E-state index in [9.17, 15) is 9.59 Å². The summed E-state index contributed by atoms with van der Waals surface area (Å²) in [5, 5.41) is 6.45. The first-order valence-corrected chi connectivity index (χ1v) is 4.40. The Labute approximate surface area is 87.2 Å². The molecule has 0 fully saturated rings. The van der Waals surface area contributed by atoms with Crippen LogP contribution in [0, 0.1) is 6.92 Å². The van der Waals surface area contributed by atoms with E-state index in [0.29, 0.717) is 0 Å². The van der Waals surface area contributed by atoms with Gasteiger partial charge in [0.1, 0.15) is 0 Å². The third-order valence-electron chi connectivity index (χ3n) is 2.15. The number of hydrogen-bond acceptors (Lipinski definition) is 4. The van der Waals surface area contributed by atoms with Crippen molar-refractivity contribution in [3.8, 4) is 0 Å². The number of rotatable bonds is 2. The van der Waals surface area contributed by atoms with Gasteiger partial charge in [-0.15, -0.1) is 0 Å². The Kier molecular flexibility index (Phi) is 3.43. The lowest BCUT2D eigenvalue weighted by molar-refractivity contribution is -0.152. The highest BCUT2D eigenvalue weighted by atomic mass is 16.5. The van der Waals surface area contributed by atoms with E-state index in [-0.39, 0.29) is 6.54 Å². The molecule has 1 rings (SSSR count). The summed E-state index contributed by atoms with van der Waals surface area (Å²) in [7, 11) is 2.97. The fraction of sp³-hybridized carbons (Fsp3) is 0.444. The van der Waals surface area contributed by atoms with Crippen molar-refractivity contribution in [1.82, 2.24) is 15.1 Å². The zero-order valence-electron chi connectivity index (χ0n) is 8.90. The van der Waals surface area contributed by atoms with Gasteiger partial charge in [-0.1, -0.05) is 0 Å². The smallest absolute Gasteiger partial charge is 0.396 e. The minimum Gasteiger partial charge on any atom is -0.462 e. The van der Waals surface area contributed by atoms with Crippen molar-refractivity contribution in [3.63, 3.8) is 0 Å². The third-order valence-corrected chi connectivity index (χ3v) is 2.15. The van der Waals surface area contributed by atoms with Crippen molar-refractivity contribution < 1.29 is 14.3 Å². The lowest BCUT2D eigenvalue weighted by atomic mass is 10.2. The molecule has 6 heteroatoms. The molecule has 0 aliphatic rings. The van der Waals surface area contributed by atoms with Crippen LogP contribution in [0.4, 0.5) is 0 Å². The molecule has 0 saturated heterocycles. The van der Waals surface area contributed by atoms with Crippen molar-refractivity contribution in [2.45, 2.75) is 13.5 Å². The maximum atomic E-state index is 11.1. The van der Waals surface area contributed by atoms with Crippen LogP contribution < -0.4 is 5.32 Å². The van der Waals surface area contributed by atoms with Crippen LogP contribution in [-0.2, 0) is 27.9 Å². The number of nitrogens with zero attached hydrogens (tertiary/aromatic N) is 2. The van der Waals surface area contributed by atoms with Gasteiger partial charge in [0, 0.05) is 24.8 Å². The monoisotopic (exact) mass is 211 g/mol. The molecule has 6 nitrogen and oxygen atoms in total. The quantitative estimate of drug-likeness (QED) is 0.529. The predicted molar refractivity (Wildman–Crippen MR) is 51.8 cm³/mol. The molecule has 0 bridgehead atoms. The van der Waals surface area contributed by atoms with Crippen molar-refractivity contribution >= 4 is 11.9 Å². The number of hydrogen-bond donors (Lipinski definition) is 1. The molecule has 1 amide bonds. The summed E-state index contributed by atoms with van der Waals surface area (Å²) in [5.74, 6) is -1.64. The van der Waals surface area contributed by atoms with Gasteiger partial charge in [0.2, 0.25) is 0 Å². The minimum absolute atomic E-state index is 0.271. The van der Waals surface area contributed by atoms with Gasteiger partial charge in [0.15, 0.2) is 0 Å². The Hall–Kier alpha value is -1.85. The van der Waals surface area contributed by atoms with E-state index in [4.69, 9.17) is 0 Å². The average molecular weight is 211 g/mol. The Balaban J connectivity index is 2.54. The van der Waals surface area contributed by atoms with Crippen LogP contribution in [0.1, 0.15) is 11.3 Å². The van der Waals surface area contributed by atoms with Gasteiger partial charge in [-0.3, -0.25) is 9.48 Å². The number of esters is 1. The summed E-state index contributed by atoms with van der Waals surface area (Å²) in [5.41, 5.74) is 1.81. The van der Waals surface area contributed by atoms with Crippen LogP contribution in [0.15, 0.2) is 6.20 Å². The van der Waals surface area contributed by atoms with E-state index < -0.39 is 11.9 Å². The lowest BCUT2D eigenvalue weighted by Crippen LogP contribution is -2.31. The van der Waals surface area contributed by atoms with E-state index in [2.05, 4.69) is 15.2 Å². The molecular weight excluding hydrogens is 198 g/mol. The van der Waals surface area contributed by atoms with Crippen molar-refractivity contribution in [2.24, 2.45) is 7.05 Å². The third kappa shape index (κ3) is 2.55. The van der Waals surface area contributed by atoms with E-state index >= 15 is 0 Å². The molecule has 0 spiro atoms. The lowest BCUT2D eigenvalue weighted by Gasteiger charge is -2.02. The molecule has 1 N–H and O–H groups in total. The molecule has 15 heavy (non-hydrogen) atoms. The van der Waals surface area contributed by atoms with Crippen LogP contribution in [0.5, 0.6) is 0 Å². The Morgan fingerprint density at radius 3 is 2.73 bits per heavy atom. The second-order valence-electron chi connectivity index (χ2n) is 3.05. The molecular formula is C9H13N3O3. The Morgan fingerprint density at radius 1 is 1.60 bits per heavy atom. The summed E-state index contributed by atoms with van der Waals surface area (Å²) in [6, 6.07) is 0. The molecule has 0 saturated carbocycles. The van der Waals surface area contributed by atoms with Gasteiger partial charge in [0.25, 0.3) is 0 Å². The molecule has 0 atom stereocenters. The molecule has 1 heterocycles. The highest BCUT2D eigenvalue weighted by molar-refractivity contribution is 6.32. The van der Waals surface area contributed by atoms with Gasteiger partial charge in [0.05, 0.1) is 13.3 Å². The number of ether oxygens (including phenoxy) is 1. The van der Waals surface area contributed by atoms with E-state index in [1.54, 1.807) is 17.9 Å². The van der Waals surface area contributed by atoms with Gasteiger partial charge >= 0.3 is 11.9 Å². The van der Waals surface area contributed by atoms with E-state index in [1.807, 2.05) is 6.92 Å². The first-order chi connectivity index (χ1) is 7.06. The first-order valence-electron chi connectivity index (χ1n) is 4.40.